The number of nitrogens with one attached hydrogen (secondary N) is 1. The summed E-state index contributed by atoms with van der Waals surface area (Å²) in [5.74, 6) is 2.82. The van der Waals surface area contributed by atoms with Gasteiger partial charge in [-0.25, -0.2) is 19.4 Å². The van der Waals surface area contributed by atoms with Crippen molar-refractivity contribution in [3.8, 4) is 23.1 Å². The van der Waals surface area contributed by atoms with E-state index >= 15 is 0 Å². The molecule has 0 amide bonds. The fourth-order valence-electron chi connectivity index (χ4n) is 3.63. The Balaban J connectivity index is 1.49. The van der Waals surface area contributed by atoms with E-state index < -0.39 is 0 Å². The molecule has 2 aliphatic rings. The molecule has 7 heteroatoms. The number of aromatic amines is 1. The van der Waals surface area contributed by atoms with Gasteiger partial charge in [-0.1, -0.05) is 6.07 Å². The second-order valence-corrected chi connectivity index (χ2v) is 7.02. The van der Waals surface area contributed by atoms with E-state index in [1.165, 1.54) is 10.1 Å². The minimum absolute atomic E-state index is 0.123. The predicted molar refractivity (Wildman–Crippen MR) is 94.4 cm³/mol. The van der Waals surface area contributed by atoms with Crippen molar-refractivity contribution >= 4 is 0 Å². The Hall–Kier alpha value is -3.09. The van der Waals surface area contributed by atoms with Crippen molar-refractivity contribution in [3.63, 3.8) is 0 Å². The van der Waals surface area contributed by atoms with E-state index in [1.807, 2.05) is 12.1 Å². The number of fused-ring (bicyclic) bond motifs is 2. The summed E-state index contributed by atoms with van der Waals surface area (Å²) in [5.41, 5.74) is 2.78. The molecule has 0 unspecified atom stereocenters. The lowest BCUT2D eigenvalue weighted by Gasteiger charge is -2.13. The van der Waals surface area contributed by atoms with Gasteiger partial charge in [0.15, 0.2) is 0 Å². The van der Waals surface area contributed by atoms with Crippen molar-refractivity contribution in [1.29, 1.82) is 0 Å². The fraction of sp³-hybridized carbons (Fsp3) is 0.316. The molecule has 1 aliphatic heterocycles. The van der Waals surface area contributed by atoms with E-state index in [0.717, 1.165) is 36.5 Å². The highest BCUT2D eigenvalue weighted by Crippen LogP contribution is 2.59. The van der Waals surface area contributed by atoms with Gasteiger partial charge in [0.2, 0.25) is 5.88 Å². The number of rotatable bonds is 3. The summed E-state index contributed by atoms with van der Waals surface area (Å²) in [5, 5.41) is 6.33. The molecule has 7 nitrogen and oxygen atoms in total. The molecule has 3 aromatic rings. The first-order chi connectivity index (χ1) is 12.6. The van der Waals surface area contributed by atoms with Crippen molar-refractivity contribution < 1.29 is 9.47 Å². The third-order valence-electron chi connectivity index (χ3n) is 5.23. The lowest BCUT2D eigenvalue weighted by molar-refractivity contribution is 0.322. The lowest BCUT2D eigenvalue weighted by Crippen LogP contribution is -2.16. The van der Waals surface area contributed by atoms with Gasteiger partial charge in [0.25, 0.3) is 0 Å². The molecule has 1 fully saturated rings. The molecule has 5 rings (SSSR count). The van der Waals surface area contributed by atoms with E-state index in [1.54, 1.807) is 25.3 Å². The van der Waals surface area contributed by atoms with Gasteiger partial charge in [-0.2, -0.15) is 5.10 Å². The van der Waals surface area contributed by atoms with Crippen LogP contribution in [0.4, 0.5) is 0 Å². The average Bonchev–Trinajstić information content (AvgIpc) is 3.20. The molecule has 3 heterocycles. The smallest absolute Gasteiger partial charge is 0.347 e. The Morgan fingerprint density at radius 2 is 2.08 bits per heavy atom. The quantitative estimate of drug-likeness (QED) is 0.785. The van der Waals surface area contributed by atoms with Crippen LogP contribution in [0.2, 0.25) is 0 Å². The Kier molecular flexibility index (Phi) is 3.04. The minimum Gasteiger partial charge on any atom is -0.492 e. The Labute approximate surface area is 149 Å². The van der Waals surface area contributed by atoms with Crippen molar-refractivity contribution in [2.45, 2.75) is 32.1 Å². The molecule has 1 aliphatic carbocycles. The number of hydrogen-bond donors (Lipinski definition) is 1. The first kappa shape index (κ1) is 15.2. The molecule has 132 valence electrons. The average molecular weight is 350 g/mol. The van der Waals surface area contributed by atoms with E-state index in [-0.39, 0.29) is 11.1 Å². The number of hydrogen-bond acceptors (Lipinski definition) is 5. The summed E-state index contributed by atoms with van der Waals surface area (Å²) < 4.78 is 13.5. The third-order valence-corrected chi connectivity index (χ3v) is 5.23. The fourth-order valence-corrected chi connectivity index (χ4v) is 3.63. The zero-order valence-corrected chi connectivity index (χ0v) is 14.6. The molecule has 1 saturated carbocycles. The van der Waals surface area contributed by atoms with Crippen LogP contribution in [-0.2, 0) is 5.41 Å². The largest absolute Gasteiger partial charge is 0.492 e. The second-order valence-electron chi connectivity index (χ2n) is 7.02. The first-order valence-electron chi connectivity index (χ1n) is 8.63. The van der Waals surface area contributed by atoms with E-state index in [4.69, 9.17) is 9.47 Å². The van der Waals surface area contributed by atoms with Crippen LogP contribution in [0, 0.1) is 13.8 Å². The van der Waals surface area contributed by atoms with Crippen LogP contribution >= 0.6 is 0 Å². The molecular weight excluding hydrogens is 332 g/mol. The molecule has 26 heavy (non-hydrogen) atoms. The normalized spacial score (nSPS) is 16.4. The van der Waals surface area contributed by atoms with Crippen molar-refractivity contribution in [1.82, 2.24) is 19.7 Å². The summed E-state index contributed by atoms with van der Waals surface area (Å²) in [6.45, 7) is 4.55. The predicted octanol–water partition coefficient (Wildman–Crippen LogP) is 2.79. The van der Waals surface area contributed by atoms with Gasteiger partial charge in [-0.15, -0.1) is 0 Å². The van der Waals surface area contributed by atoms with E-state index in [0.29, 0.717) is 17.4 Å². The van der Waals surface area contributed by atoms with Crippen molar-refractivity contribution in [2.75, 3.05) is 6.61 Å². The van der Waals surface area contributed by atoms with Crippen LogP contribution in [0.1, 0.15) is 29.8 Å². The van der Waals surface area contributed by atoms with Crippen LogP contribution in [0.25, 0.3) is 5.69 Å². The second kappa shape index (κ2) is 5.20. The van der Waals surface area contributed by atoms with Gasteiger partial charge in [-0.05, 0) is 44.4 Å². The minimum atomic E-state index is -0.290. The number of aromatic nitrogens is 4. The highest BCUT2D eigenvalue weighted by Gasteiger charge is 2.53. The molecule has 1 N–H and O–H groups in total. The molecule has 0 radical (unpaired) electrons. The van der Waals surface area contributed by atoms with Crippen LogP contribution < -0.4 is 15.2 Å². The molecule has 1 aromatic carbocycles. The van der Waals surface area contributed by atoms with Crippen LogP contribution in [0.15, 0.2) is 35.3 Å². The molecule has 0 atom stereocenters. The summed E-state index contributed by atoms with van der Waals surface area (Å²) in [6, 6.07) is 7.56. The monoisotopic (exact) mass is 350 g/mol. The first-order valence-corrected chi connectivity index (χ1v) is 8.63. The zero-order valence-electron chi connectivity index (χ0n) is 14.6. The summed E-state index contributed by atoms with van der Waals surface area (Å²) in [6.07, 6.45) is 3.88. The van der Waals surface area contributed by atoms with Gasteiger partial charge in [-0.3, -0.25) is 0 Å². The third kappa shape index (κ3) is 2.16. The van der Waals surface area contributed by atoms with Crippen LogP contribution in [0.5, 0.6) is 17.4 Å². The van der Waals surface area contributed by atoms with E-state index in [9.17, 15) is 4.79 Å². The van der Waals surface area contributed by atoms with Gasteiger partial charge in [0, 0.05) is 17.0 Å². The van der Waals surface area contributed by atoms with Crippen LogP contribution in [0.3, 0.4) is 0 Å². The maximum atomic E-state index is 11.8. The van der Waals surface area contributed by atoms with Crippen molar-refractivity contribution in [3.05, 3.63) is 57.9 Å². The van der Waals surface area contributed by atoms with Gasteiger partial charge < -0.3 is 9.47 Å². The van der Waals surface area contributed by atoms with Gasteiger partial charge >= 0.3 is 5.69 Å². The number of aryl methyl sites for hydroxylation is 2. The summed E-state index contributed by atoms with van der Waals surface area (Å²) in [7, 11) is 0. The highest BCUT2D eigenvalue weighted by atomic mass is 16.5. The van der Waals surface area contributed by atoms with Crippen molar-refractivity contribution in [2.24, 2.45) is 0 Å². The molecule has 0 saturated heterocycles. The van der Waals surface area contributed by atoms with Gasteiger partial charge in [0.1, 0.15) is 17.3 Å². The van der Waals surface area contributed by atoms with Gasteiger partial charge in [0.05, 0.1) is 18.5 Å². The molecule has 2 aromatic heterocycles. The molecule has 1 spiro atoms. The highest BCUT2D eigenvalue weighted by molar-refractivity contribution is 5.59. The maximum Gasteiger partial charge on any atom is 0.347 e. The zero-order chi connectivity index (χ0) is 17.9. The lowest BCUT2D eigenvalue weighted by atomic mass is 9.95. The maximum absolute atomic E-state index is 11.8. The number of H-pyrrole nitrogens is 1. The molecular formula is C19H18N4O3. The Morgan fingerprint density at radius 3 is 2.73 bits per heavy atom. The number of ether oxygens (including phenoxy) is 2. The molecule has 0 bridgehead atoms. The Bertz CT molecular complexity index is 1060. The number of nitrogens with zero attached hydrogens (tertiary/aromatic N) is 3. The SMILES string of the molecule is Cc1ccc(Oc2ccc(-n3c(C)n[nH]c3=O)cn2)c2c1OCC21CC1. The summed E-state index contributed by atoms with van der Waals surface area (Å²) >= 11 is 0. The summed E-state index contributed by atoms with van der Waals surface area (Å²) in [4.78, 5) is 16.2. The number of benzene rings is 1. The van der Waals surface area contributed by atoms with Crippen LogP contribution in [-0.4, -0.2) is 26.4 Å². The van der Waals surface area contributed by atoms with E-state index in [2.05, 4.69) is 22.1 Å². The Morgan fingerprint density at radius 1 is 1.23 bits per heavy atom. The standard InChI is InChI=1S/C19H18N4O3/c1-11-3-5-14(16-17(11)25-10-19(16)7-8-19)26-15-6-4-13(9-20-15)23-12(2)21-22-18(23)24/h3-6,9H,7-8,10H2,1-2H3,(H,22,24). The topological polar surface area (TPSA) is 82.0 Å². The number of pyridine rings is 1.